The molecule has 0 amide bonds. The molecule has 0 bridgehead atoms. The number of carbonyl (C=O) groups excluding carboxylic acids is 1. The zero-order chi connectivity index (χ0) is 14.0. The van der Waals surface area contributed by atoms with Crippen molar-refractivity contribution in [2.24, 2.45) is 0 Å². The quantitative estimate of drug-likeness (QED) is 0.801. The van der Waals surface area contributed by atoms with Gasteiger partial charge in [0.1, 0.15) is 0 Å². The Morgan fingerprint density at radius 1 is 1.37 bits per heavy atom. The summed E-state index contributed by atoms with van der Waals surface area (Å²) in [5.74, 6) is -0.129. The third kappa shape index (κ3) is 3.21. The molecule has 0 fully saturated rings. The number of Topliss-reactive ketones (excluding diaryl/α,β-unsaturated/α-hetero) is 1. The van der Waals surface area contributed by atoms with E-state index in [1.165, 1.54) is 30.1 Å². The molecule has 0 radical (unpaired) electrons. The highest BCUT2D eigenvalue weighted by molar-refractivity contribution is 5.93. The fraction of sp³-hybridized carbons (Fsp3) is 0.231. The lowest BCUT2D eigenvalue weighted by atomic mass is 10.1. The van der Waals surface area contributed by atoms with Crippen LogP contribution in [0.3, 0.4) is 0 Å². The molecular formula is C13H11F3N2O. The average Bonchev–Trinajstić information content (AvgIpc) is 2.77. The maximum Gasteiger partial charge on any atom is 0.416 e. The summed E-state index contributed by atoms with van der Waals surface area (Å²) >= 11 is 0. The number of aromatic nitrogens is 2. The van der Waals surface area contributed by atoms with E-state index in [0.29, 0.717) is 11.1 Å². The van der Waals surface area contributed by atoms with Crippen LogP contribution in [0.2, 0.25) is 0 Å². The van der Waals surface area contributed by atoms with E-state index in [-0.39, 0.29) is 12.3 Å². The highest BCUT2D eigenvalue weighted by atomic mass is 19.4. The first-order valence-corrected chi connectivity index (χ1v) is 5.56. The maximum absolute atomic E-state index is 12.5. The number of alkyl halides is 3. The molecule has 2 aromatic rings. The SMILES string of the molecule is CC(=O)c1cnn(Cc2cccc(C(F)(F)F)c2)c1. The van der Waals surface area contributed by atoms with Gasteiger partial charge in [0.15, 0.2) is 5.78 Å². The Bertz CT molecular complexity index is 602. The second kappa shape index (κ2) is 4.87. The van der Waals surface area contributed by atoms with Gasteiger partial charge in [-0.3, -0.25) is 9.48 Å². The summed E-state index contributed by atoms with van der Waals surface area (Å²) in [4.78, 5) is 11.1. The molecule has 6 heteroatoms. The van der Waals surface area contributed by atoms with Crippen molar-refractivity contribution in [3.63, 3.8) is 0 Å². The molecule has 19 heavy (non-hydrogen) atoms. The number of carbonyl (C=O) groups is 1. The van der Waals surface area contributed by atoms with Crippen LogP contribution in [0.15, 0.2) is 36.7 Å². The first kappa shape index (κ1) is 13.3. The van der Waals surface area contributed by atoms with E-state index in [4.69, 9.17) is 0 Å². The Balaban J connectivity index is 2.21. The Hall–Kier alpha value is -2.11. The molecule has 1 heterocycles. The smallest absolute Gasteiger partial charge is 0.294 e. The Labute approximate surface area is 107 Å². The zero-order valence-corrected chi connectivity index (χ0v) is 10.1. The zero-order valence-electron chi connectivity index (χ0n) is 10.1. The summed E-state index contributed by atoms with van der Waals surface area (Å²) < 4.78 is 39.1. The maximum atomic E-state index is 12.5. The molecule has 2 rings (SSSR count). The first-order valence-electron chi connectivity index (χ1n) is 5.56. The van der Waals surface area contributed by atoms with Crippen LogP contribution in [-0.4, -0.2) is 15.6 Å². The minimum absolute atomic E-state index is 0.129. The Morgan fingerprint density at radius 3 is 2.68 bits per heavy atom. The van der Waals surface area contributed by atoms with Crippen molar-refractivity contribution in [3.8, 4) is 0 Å². The van der Waals surface area contributed by atoms with Gasteiger partial charge in [-0.2, -0.15) is 18.3 Å². The van der Waals surface area contributed by atoms with Crippen molar-refractivity contribution in [2.75, 3.05) is 0 Å². The summed E-state index contributed by atoms with van der Waals surface area (Å²) in [7, 11) is 0. The molecule has 1 aromatic carbocycles. The number of nitrogens with zero attached hydrogens (tertiary/aromatic N) is 2. The highest BCUT2D eigenvalue weighted by Gasteiger charge is 2.30. The van der Waals surface area contributed by atoms with Crippen LogP contribution >= 0.6 is 0 Å². The monoisotopic (exact) mass is 268 g/mol. The molecule has 0 spiro atoms. The van der Waals surface area contributed by atoms with Crippen molar-refractivity contribution in [1.82, 2.24) is 9.78 Å². The van der Waals surface area contributed by atoms with E-state index >= 15 is 0 Å². The van der Waals surface area contributed by atoms with Gasteiger partial charge in [0.2, 0.25) is 0 Å². The van der Waals surface area contributed by atoms with Gasteiger partial charge in [0, 0.05) is 6.20 Å². The lowest BCUT2D eigenvalue weighted by Gasteiger charge is -2.08. The second-order valence-electron chi connectivity index (χ2n) is 4.18. The molecular weight excluding hydrogens is 257 g/mol. The lowest BCUT2D eigenvalue weighted by molar-refractivity contribution is -0.137. The van der Waals surface area contributed by atoms with Crippen molar-refractivity contribution < 1.29 is 18.0 Å². The second-order valence-corrected chi connectivity index (χ2v) is 4.18. The van der Waals surface area contributed by atoms with Gasteiger partial charge in [0.25, 0.3) is 0 Å². The van der Waals surface area contributed by atoms with Gasteiger partial charge in [-0.05, 0) is 24.6 Å². The number of hydrogen-bond donors (Lipinski definition) is 0. The van der Waals surface area contributed by atoms with E-state index in [9.17, 15) is 18.0 Å². The topological polar surface area (TPSA) is 34.9 Å². The predicted octanol–water partition coefficient (Wildman–Crippen LogP) is 3.15. The van der Waals surface area contributed by atoms with E-state index in [2.05, 4.69) is 5.10 Å². The van der Waals surface area contributed by atoms with Crippen molar-refractivity contribution in [1.29, 1.82) is 0 Å². The Morgan fingerprint density at radius 2 is 2.11 bits per heavy atom. The van der Waals surface area contributed by atoms with Crippen LogP contribution in [-0.2, 0) is 12.7 Å². The van der Waals surface area contributed by atoms with Gasteiger partial charge < -0.3 is 0 Å². The molecule has 0 unspecified atom stereocenters. The van der Waals surface area contributed by atoms with Crippen LogP contribution in [0.25, 0.3) is 0 Å². The average molecular weight is 268 g/mol. The minimum atomic E-state index is -4.36. The van der Waals surface area contributed by atoms with Gasteiger partial charge >= 0.3 is 6.18 Å². The summed E-state index contributed by atoms with van der Waals surface area (Å²) in [6.07, 6.45) is -1.44. The molecule has 0 atom stereocenters. The van der Waals surface area contributed by atoms with Crippen LogP contribution < -0.4 is 0 Å². The van der Waals surface area contributed by atoms with Gasteiger partial charge in [-0.15, -0.1) is 0 Å². The molecule has 0 aliphatic carbocycles. The molecule has 3 nitrogen and oxygen atoms in total. The van der Waals surface area contributed by atoms with Crippen LogP contribution in [0.5, 0.6) is 0 Å². The molecule has 1 aromatic heterocycles. The fourth-order valence-electron chi connectivity index (χ4n) is 1.66. The number of ketones is 1. The molecule has 100 valence electrons. The number of hydrogen-bond acceptors (Lipinski definition) is 2. The van der Waals surface area contributed by atoms with Crippen LogP contribution in [0.1, 0.15) is 28.4 Å². The normalized spacial score (nSPS) is 11.6. The van der Waals surface area contributed by atoms with E-state index in [1.807, 2.05) is 0 Å². The van der Waals surface area contributed by atoms with E-state index in [1.54, 1.807) is 6.07 Å². The summed E-state index contributed by atoms with van der Waals surface area (Å²) in [6, 6.07) is 5.04. The van der Waals surface area contributed by atoms with Crippen molar-refractivity contribution in [2.45, 2.75) is 19.6 Å². The lowest BCUT2D eigenvalue weighted by Crippen LogP contribution is -2.07. The molecule has 0 aliphatic rings. The largest absolute Gasteiger partial charge is 0.416 e. The van der Waals surface area contributed by atoms with E-state index in [0.717, 1.165) is 12.1 Å². The van der Waals surface area contributed by atoms with Gasteiger partial charge in [0.05, 0.1) is 23.9 Å². The molecule has 0 saturated heterocycles. The predicted molar refractivity (Wildman–Crippen MR) is 62.8 cm³/mol. The molecule has 0 saturated carbocycles. The summed E-state index contributed by atoms with van der Waals surface area (Å²) in [6.45, 7) is 1.60. The van der Waals surface area contributed by atoms with E-state index < -0.39 is 11.7 Å². The first-order chi connectivity index (χ1) is 8.86. The van der Waals surface area contributed by atoms with Gasteiger partial charge in [-0.25, -0.2) is 0 Å². The molecule has 0 N–H and O–H groups in total. The highest BCUT2D eigenvalue weighted by Crippen LogP contribution is 2.29. The molecule has 0 aliphatic heterocycles. The Kier molecular flexibility index (Phi) is 3.42. The summed E-state index contributed by atoms with van der Waals surface area (Å²) in [5, 5.41) is 3.94. The standard InChI is InChI=1S/C13H11F3N2O/c1-9(19)11-6-17-18(8-11)7-10-3-2-4-12(5-10)13(14,15)16/h2-6,8H,7H2,1H3. The third-order valence-corrected chi connectivity index (χ3v) is 2.64. The van der Waals surface area contributed by atoms with Crippen molar-refractivity contribution >= 4 is 5.78 Å². The minimum Gasteiger partial charge on any atom is -0.294 e. The fourth-order valence-corrected chi connectivity index (χ4v) is 1.66. The number of rotatable bonds is 3. The number of halogens is 3. The third-order valence-electron chi connectivity index (χ3n) is 2.64. The van der Waals surface area contributed by atoms with Crippen LogP contribution in [0.4, 0.5) is 13.2 Å². The summed E-state index contributed by atoms with van der Waals surface area (Å²) in [5.41, 5.74) is 0.226. The van der Waals surface area contributed by atoms with Crippen molar-refractivity contribution in [3.05, 3.63) is 53.3 Å². The van der Waals surface area contributed by atoms with Crippen LogP contribution in [0, 0.1) is 0 Å². The number of benzene rings is 1. The van der Waals surface area contributed by atoms with Gasteiger partial charge in [-0.1, -0.05) is 12.1 Å².